The first-order valence-electron chi connectivity index (χ1n) is 6.21. The van der Waals surface area contributed by atoms with Gasteiger partial charge in [-0.2, -0.15) is 0 Å². The summed E-state index contributed by atoms with van der Waals surface area (Å²) < 4.78 is 10.9. The Morgan fingerprint density at radius 3 is 2.60 bits per heavy atom. The summed E-state index contributed by atoms with van der Waals surface area (Å²) in [6.45, 7) is -1.00. The van der Waals surface area contributed by atoms with Crippen LogP contribution in [0.1, 0.15) is 11.9 Å². The molecule has 1 heterocycles. The van der Waals surface area contributed by atoms with Crippen LogP contribution in [-0.4, -0.2) is 58.1 Å². The normalized spacial score (nSPS) is 32.0. The van der Waals surface area contributed by atoms with Crippen molar-refractivity contribution in [3.63, 3.8) is 0 Å². The van der Waals surface area contributed by atoms with Gasteiger partial charge in [0.25, 0.3) is 0 Å². The van der Waals surface area contributed by atoms with Crippen molar-refractivity contribution in [2.24, 2.45) is 0 Å². The second-order valence-corrected chi connectivity index (χ2v) is 5.02. The first kappa shape index (κ1) is 15.7. The molecule has 0 saturated carbocycles. The predicted molar refractivity (Wildman–Crippen MR) is 70.1 cm³/mol. The topological polar surface area (TPSA) is 99.4 Å². The van der Waals surface area contributed by atoms with Crippen LogP contribution in [0, 0.1) is 0 Å². The van der Waals surface area contributed by atoms with E-state index in [1.54, 1.807) is 24.3 Å². The molecule has 1 saturated heterocycles. The summed E-state index contributed by atoms with van der Waals surface area (Å²) in [6.07, 6.45) is -5.38. The van der Waals surface area contributed by atoms with Crippen molar-refractivity contribution in [1.82, 2.24) is 0 Å². The second kappa shape index (κ2) is 6.82. The van der Waals surface area contributed by atoms with E-state index < -0.39 is 43.9 Å². The largest absolute Gasteiger partial charge is 0.394 e. The molecule has 0 radical (unpaired) electrons. The Morgan fingerprint density at radius 1 is 1.25 bits per heavy atom. The van der Waals surface area contributed by atoms with Gasteiger partial charge in [-0.15, -0.1) is 0 Å². The maximum Gasteiger partial charge on any atom is 0.185 e. The molecule has 0 bridgehead atoms. The average Bonchev–Trinajstić information content (AvgIpc) is 2.46. The number of aliphatic hydroxyl groups excluding tert-OH is 4. The van der Waals surface area contributed by atoms with Crippen LogP contribution in [0.3, 0.4) is 0 Å². The predicted octanol–water partition coefficient (Wildman–Crippen LogP) is -0.171. The van der Waals surface area contributed by atoms with Crippen LogP contribution in [0.5, 0.6) is 0 Å². The van der Waals surface area contributed by atoms with E-state index >= 15 is 0 Å². The Kier molecular flexibility index (Phi) is 5.34. The summed E-state index contributed by atoms with van der Waals surface area (Å²) in [6, 6.07) is 6.74. The first-order chi connectivity index (χ1) is 9.56. The third kappa shape index (κ3) is 3.29. The molecular formula is C13H17ClO6. The van der Waals surface area contributed by atoms with E-state index in [2.05, 4.69) is 0 Å². The number of halogens is 1. The van der Waals surface area contributed by atoms with Crippen molar-refractivity contribution in [2.45, 2.75) is 30.7 Å². The van der Waals surface area contributed by atoms with Crippen LogP contribution in [0.15, 0.2) is 24.3 Å². The quantitative estimate of drug-likeness (QED) is 0.616. The molecule has 1 unspecified atom stereocenters. The monoisotopic (exact) mass is 304 g/mol. The highest BCUT2D eigenvalue weighted by atomic mass is 35.5. The summed E-state index contributed by atoms with van der Waals surface area (Å²) in [5.41, 5.74) is 0.595. The molecule has 1 aromatic carbocycles. The van der Waals surface area contributed by atoms with Gasteiger partial charge >= 0.3 is 0 Å². The van der Waals surface area contributed by atoms with Gasteiger partial charge in [-0.3, -0.25) is 0 Å². The van der Waals surface area contributed by atoms with Gasteiger partial charge < -0.3 is 29.9 Å². The molecule has 2 rings (SSSR count). The Balaban J connectivity index is 2.22. The molecule has 6 nitrogen and oxygen atoms in total. The molecule has 0 aromatic heterocycles. The Hall–Kier alpha value is -0.730. The van der Waals surface area contributed by atoms with Crippen LogP contribution < -0.4 is 0 Å². The van der Waals surface area contributed by atoms with E-state index in [4.69, 9.17) is 26.2 Å². The molecule has 1 fully saturated rings. The molecule has 0 amide bonds. The van der Waals surface area contributed by atoms with Gasteiger partial charge in [0.2, 0.25) is 0 Å². The van der Waals surface area contributed by atoms with E-state index in [9.17, 15) is 15.3 Å². The minimum Gasteiger partial charge on any atom is -0.394 e. The van der Waals surface area contributed by atoms with Crippen LogP contribution in [0.4, 0.5) is 0 Å². The molecule has 1 aromatic rings. The number of benzene rings is 1. The third-order valence-electron chi connectivity index (χ3n) is 3.16. The molecule has 20 heavy (non-hydrogen) atoms. The molecule has 0 spiro atoms. The SMILES string of the molecule is OC[C@@H](O)[C@@H]1OC(c2cccc(Cl)c2)O[C@@H](CO)[C@@H]1O. The zero-order valence-electron chi connectivity index (χ0n) is 10.6. The standard InChI is InChI=1S/C13H17ClO6/c14-8-3-1-2-7(4-8)13-19-10(6-16)11(18)12(20-13)9(17)5-15/h1-4,9-13,15-18H,5-6H2/t9-,10+,11+,12+,13?/m1/s1. The zero-order chi connectivity index (χ0) is 14.7. The van der Waals surface area contributed by atoms with Gasteiger partial charge in [-0.1, -0.05) is 23.7 Å². The lowest BCUT2D eigenvalue weighted by molar-refractivity contribution is -0.310. The van der Waals surface area contributed by atoms with E-state index in [1.165, 1.54) is 0 Å². The summed E-state index contributed by atoms with van der Waals surface area (Å²) in [5, 5.41) is 38.4. The summed E-state index contributed by atoms with van der Waals surface area (Å²) >= 11 is 5.89. The van der Waals surface area contributed by atoms with Gasteiger partial charge in [0, 0.05) is 10.6 Å². The van der Waals surface area contributed by atoms with Crippen molar-refractivity contribution in [2.75, 3.05) is 13.2 Å². The lowest BCUT2D eigenvalue weighted by Gasteiger charge is -2.40. The molecule has 1 aliphatic rings. The Morgan fingerprint density at radius 2 is 2.00 bits per heavy atom. The smallest absolute Gasteiger partial charge is 0.185 e. The van der Waals surface area contributed by atoms with Crippen molar-refractivity contribution in [3.8, 4) is 0 Å². The minimum absolute atomic E-state index is 0.434. The van der Waals surface area contributed by atoms with Crippen molar-refractivity contribution in [3.05, 3.63) is 34.9 Å². The lowest BCUT2D eigenvalue weighted by Crippen LogP contribution is -2.54. The summed E-state index contributed by atoms with van der Waals surface area (Å²) in [5.74, 6) is 0. The van der Waals surface area contributed by atoms with E-state index in [-0.39, 0.29) is 0 Å². The maximum absolute atomic E-state index is 9.94. The number of rotatable bonds is 4. The van der Waals surface area contributed by atoms with Gasteiger partial charge in [0.15, 0.2) is 6.29 Å². The highest BCUT2D eigenvalue weighted by Crippen LogP contribution is 2.32. The van der Waals surface area contributed by atoms with Crippen LogP contribution >= 0.6 is 11.6 Å². The highest BCUT2D eigenvalue weighted by molar-refractivity contribution is 6.30. The summed E-state index contributed by atoms with van der Waals surface area (Å²) in [4.78, 5) is 0. The fourth-order valence-electron chi connectivity index (χ4n) is 2.09. The number of hydrogen-bond donors (Lipinski definition) is 4. The average molecular weight is 305 g/mol. The van der Waals surface area contributed by atoms with Crippen LogP contribution in [0.2, 0.25) is 5.02 Å². The van der Waals surface area contributed by atoms with Crippen molar-refractivity contribution >= 4 is 11.6 Å². The van der Waals surface area contributed by atoms with Crippen molar-refractivity contribution in [1.29, 1.82) is 0 Å². The lowest BCUT2D eigenvalue weighted by atomic mass is 10.0. The maximum atomic E-state index is 9.94. The molecule has 4 N–H and O–H groups in total. The van der Waals surface area contributed by atoms with Gasteiger partial charge in [-0.25, -0.2) is 0 Å². The van der Waals surface area contributed by atoms with Gasteiger partial charge in [0.05, 0.1) is 13.2 Å². The highest BCUT2D eigenvalue weighted by Gasteiger charge is 2.42. The third-order valence-corrected chi connectivity index (χ3v) is 3.40. The summed E-state index contributed by atoms with van der Waals surface area (Å²) in [7, 11) is 0. The molecular weight excluding hydrogens is 288 g/mol. The molecule has 5 atom stereocenters. The Bertz CT molecular complexity index is 443. The number of ether oxygens (including phenoxy) is 2. The van der Waals surface area contributed by atoms with Crippen LogP contribution in [-0.2, 0) is 9.47 Å². The fourth-order valence-corrected chi connectivity index (χ4v) is 2.29. The number of aliphatic hydroxyl groups is 4. The van der Waals surface area contributed by atoms with Gasteiger partial charge in [0.1, 0.15) is 24.4 Å². The second-order valence-electron chi connectivity index (χ2n) is 4.59. The molecule has 7 heteroatoms. The zero-order valence-corrected chi connectivity index (χ0v) is 11.3. The van der Waals surface area contributed by atoms with Crippen LogP contribution in [0.25, 0.3) is 0 Å². The first-order valence-corrected chi connectivity index (χ1v) is 6.59. The van der Waals surface area contributed by atoms with Crippen molar-refractivity contribution < 1.29 is 29.9 Å². The molecule has 1 aliphatic heterocycles. The Labute approximate surface area is 121 Å². The molecule has 112 valence electrons. The minimum atomic E-state index is -1.27. The number of hydrogen-bond acceptors (Lipinski definition) is 6. The van der Waals surface area contributed by atoms with E-state index in [0.29, 0.717) is 10.6 Å². The van der Waals surface area contributed by atoms with E-state index in [1.807, 2.05) is 0 Å². The van der Waals surface area contributed by atoms with E-state index in [0.717, 1.165) is 0 Å². The molecule has 0 aliphatic carbocycles. The van der Waals surface area contributed by atoms with Gasteiger partial charge in [-0.05, 0) is 12.1 Å². The fraction of sp³-hybridized carbons (Fsp3) is 0.538.